The Kier molecular flexibility index (Phi) is 5.30. The molecule has 1 aliphatic heterocycles. The highest BCUT2D eigenvalue weighted by Crippen LogP contribution is 2.35. The molecule has 124 valence electrons. The van der Waals surface area contributed by atoms with Gasteiger partial charge in [0, 0.05) is 10.5 Å². The van der Waals surface area contributed by atoms with E-state index in [1.165, 1.54) is 11.8 Å². The summed E-state index contributed by atoms with van der Waals surface area (Å²) in [6.07, 6.45) is 0.357. The number of anilines is 1. The van der Waals surface area contributed by atoms with Crippen LogP contribution in [-0.2, 0) is 9.59 Å². The average Bonchev–Trinajstić information content (AvgIpc) is 2.46. The van der Waals surface area contributed by atoms with Crippen LogP contribution < -0.4 is 10.6 Å². The number of nitrogens with one attached hydrogen (secondary N) is 2. The maximum atomic E-state index is 12.3. The molecule has 23 heavy (non-hydrogen) atoms. The molecule has 0 bridgehead atoms. The lowest BCUT2D eigenvalue weighted by atomic mass is 10.0. The Bertz CT molecular complexity index is 645. The molecule has 3 N–H and O–H groups in total. The molecule has 0 aliphatic carbocycles. The van der Waals surface area contributed by atoms with Crippen molar-refractivity contribution in [1.29, 1.82) is 0 Å². The van der Waals surface area contributed by atoms with Crippen LogP contribution in [-0.4, -0.2) is 34.2 Å². The van der Waals surface area contributed by atoms with Crippen molar-refractivity contribution >= 4 is 35.2 Å². The molecule has 0 radical (unpaired) electrons. The maximum Gasteiger partial charge on any atom is 0.326 e. The van der Waals surface area contributed by atoms with Crippen LogP contribution >= 0.6 is 11.8 Å². The van der Waals surface area contributed by atoms with Crippen molar-refractivity contribution in [3.63, 3.8) is 0 Å². The molecule has 1 aromatic rings. The lowest BCUT2D eigenvalue weighted by molar-refractivity contribution is -0.139. The first-order valence-corrected chi connectivity index (χ1v) is 8.31. The SMILES string of the molecule is CC(C)C[C@@H](NC(=O)c1ccc2c(c1)NC(=O)C(C)S2)C(=O)O. The predicted molar refractivity (Wildman–Crippen MR) is 88.7 cm³/mol. The first-order chi connectivity index (χ1) is 10.8. The molecule has 0 fully saturated rings. The summed E-state index contributed by atoms with van der Waals surface area (Å²) >= 11 is 1.43. The molecule has 2 atom stereocenters. The number of carboxylic acid groups (broad SMARTS) is 1. The van der Waals surface area contributed by atoms with Gasteiger partial charge in [-0.1, -0.05) is 13.8 Å². The first-order valence-electron chi connectivity index (χ1n) is 7.43. The number of thioether (sulfide) groups is 1. The summed E-state index contributed by atoms with van der Waals surface area (Å²) in [6, 6.07) is 4.06. The fourth-order valence-electron chi connectivity index (χ4n) is 2.28. The summed E-state index contributed by atoms with van der Waals surface area (Å²) in [5, 5.41) is 14.3. The Morgan fingerprint density at radius 2 is 2.09 bits per heavy atom. The van der Waals surface area contributed by atoms with E-state index in [9.17, 15) is 19.5 Å². The monoisotopic (exact) mass is 336 g/mol. The fraction of sp³-hybridized carbons (Fsp3) is 0.438. The first kappa shape index (κ1) is 17.3. The Morgan fingerprint density at radius 3 is 2.70 bits per heavy atom. The minimum absolute atomic E-state index is 0.108. The molecule has 2 amide bonds. The van der Waals surface area contributed by atoms with Gasteiger partial charge in [0.15, 0.2) is 0 Å². The molecule has 1 aliphatic rings. The molecule has 6 nitrogen and oxygen atoms in total. The molecular formula is C16H20N2O4S. The molecule has 0 saturated heterocycles. The van der Waals surface area contributed by atoms with E-state index < -0.39 is 17.9 Å². The zero-order valence-corrected chi connectivity index (χ0v) is 14.1. The minimum Gasteiger partial charge on any atom is -0.480 e. The van der Waals surface area contributed by atoms with Gasteiger partial charge in [-0.2, -0.15) is 0 Å². The smallest absolute Gasteiger partial charge is 0.326 e. The van der Waals surface area contributed by atoms with Crippen LogP contribution in [0.3, 0.4) is 0 Å². The van der Waals surface area contributed by atoms with Gasteiger partial charge in [-0.25, -0.2) is 4.79 Å². The highest BCUT2D eigenvalue weighted by atomic mass is 32.2. The zero-order valence-electron chi connectivity index (χ0n) is 13.3. The highest BCUT2D eigenvalue weighted by molar-refractivity contribution is 8.00. The number of aliphatic carboxylic acids is 1. The number of hydrogen-bond donors (Lipinski definition) is 3. The molecule has 1 heterocycles. The van der Waals surface area contributed by atoms with E-state index in [-0.39, 0.29) is 17.1 Å². The van der Waals surface area contributed by atoms with Crippen LogP contribution in [0.5, 0.6) is 0 Å². The van der Waals surface area contributed by atoms with Gasteiger partial charge in [0.1, 0.15) is 6.04 Å². The quantitative estimate of drug-likeness (QED) is 0.767. The number of hydrogen-bond acceptors (Lipinski definition) is 4. The summed E-state index contributed by atoms with van der Waals surface area (Å²) in [4.78, 5) is 36.1. The van der Waals surface area contributed by atoms with Gasteiger partial charge in [-0.3, -0.25) is 9.59 Å². The van der Waals surface area contributed by atoms with E-state index in [0.717, 1.165) is 4.90 Å². The Labute approximate surface area is 139 Å². The lowest BCUT2D eigenvalue weighted by Gasteiger charge is -2.22. The molecule has 0 saturated carbocycles. The van der Waals surface area contributed by atoms with Crippen LogP contribution in [0.4, 0.5) is 5.69 Å². The standard InChI is InChI=1S/C16H20N2O4S/c1-8(2)6-12(16(21)22)18-15(20)10-4-5-13-11(7-10)17-14(19)9(3)23-13/h4-5,7-9,12H,6H2,1-3H3,(H,17,19)(H,18,20)(H,21,22)/t9?,12-/m1/s1. The summed E-state index contributed by atoms with van der Waals surface area (Å²) < 4.78 is 0. The van der Waals surface area contributed by atoms with E-state index >= 15 is 0 Å². The van der Waals surface area contributed by atoms with Crippen molar-refractivity contribution in [3.8, 4) is 0 Å². The Hall–Kier alpha value is -2.02. The third kappa shape index (κ3) is 4.25. The summed E-state index contributed by atoms with van der Waals surface area (Å²) in [5.74, 6) is -1.47. The van der Waals surface area contributed by atoms with E-state index in [1.54, 1.807) is 18.2 Å². The number of carbonyl (C=O) groups excluding carboxylic acids is 2. The van der Waals surface area contributed by atoms with E-state index in [1.807, 2.05) is 20.8 Å². The van der Waals surface area contributed by atoms with Crippen molar-refractivity contribution in [2.75, 3.05) is 5.32 Å². The van der Waals surface area contributed by atoms with Gasteiger partial charge in [-0.15, -0.1) is 11.8 Å². The normalized spacial score (nSPS) is 18.1. The third-order valence-electron chi connectivity index (χ3n) is 3.48. The van der Waals surface area contributed by atoms with E-state index in [4.69, 9.17) is 0 Å². The van der Waals surface area contributed by atoms with Crippen LogP contribution in [0.1, 0.15) is 37.6 Å². The van der Waals surface area contributed by atoms with Crippen molar-refractivity contribution in [2.45, 2.75) is 43.4 Å². The number of amides is 2. The van der Waals surface area contributed by atoms with Crippen LogP contribution in [0.15, 0.2) is 23.1 Å². The molecule has 2 rings (SSSR count). The number of carbonyl (C=O) groups is 3. The van der Waals surface area contributed by atoms with Crippen molar-refractivity contribution in [2.24, 2.45) is 5.92 Å². The van der Waals surface area contributed by atoms with Crippen molar-refractivity contribution in [3.05, 3.63) is 23.8 Å². The van der Waals surface area contributed by atoms with Gasteiger partial charge >= 0.3 is 5.97 Å². The van der Waals surface area contributed by atoms with Gasteiger partial charge in [0.05, 0.1) is 10.9 Å². The number of fused-ring (bicyclic) bond motifs is 1. The predicted octanol–water partition coefficient (Wildman–Crippen LogP) is 2.35. The zero-order chi connectivity index (χ0) is 17.1. The van der Waals surface area contributed by atoms with Crippen LogP contribution in [0, 0.1) is 5.92 Å². The molecule has 0 aromatic heterocycles. The maximum absolute atomic E-state index is 12.3. The second-order valence-corrected chi connectivity index (χ2v) is 7.34. The van der Waals surface area contributed by atoms with Gasteiger partial charge < -0.3 is 15.7 Å². The average molecular weight is 336 g/mol. The minimum atomic E-state index is -1.05. The second kappa shape index (κ2) is 7.04. The van der Waals surface area contributed by atoms with Crippen LogP contribution in [0.2, 0.25) is 0 Å². The molecule has 7 heteroatoms. The van der Waals surface area contributed by atoms with Crippen molar-refractivity contribution < 1.29 is 19.5 Å². The van der Waals surface area contributed by atoms with Crippen LogP contribution in [0.25, 0.3) is 0 Å². The Balaban J connectivity index is 2.15. The third-order valence-corrected chi connectivity index (χ3v) is 4.66. The second-order valence-electron chi connectivity index (χ2n) is 5.95. The topological polar surface area (TPSA) is 95.5 Å². The molecule has 1 unspecified atom stereocenters. The van der Waals surface area contributed by atoms with E-state index in [0.29, 0.717) is 17.7 Å². The van der Waals surface area contributed by atoms with E-state index in [2.05, 4.69) is 10.6 Å². The van der Waals surface area contributed by atoms with Gasteiger partial charge in [0.25, 0.3) is 5.91 Å². The molecule has 0 spiro atoms. The van der Waals surface area contributed by atoms with Gasteiger partial charge in [-0.05, 0) is 37.5 Å². The number of carboxylic acids is 1. The molecular weight excluding hydrogens is 316 g/mol. The van der Waals surface area contributed by atoms with Crippen molar-refractivity contribution in [1.82, 2.24) is 5.32 Å². The number of benzene rings is 1. The Morgan fingerprint density at radius 1 is 1.39 bits per heavy atom. The molecule has 1 aromatic carbocycles. The fourth-order valence-corrected chi connectivity index (χ4v) is 3.21. The number of rotatable bonds is 5. The highest BCUT2D eigenvalue weighted by Gasteiger charge is 2.25. The lowest BCUT2D eigenvalue weighted by Crippen LogP contribution is -2.41. The van der Waals surface area contributed by atoms with Gasteiger partial charge in [0.2, 0.25) is 5.91 Å². The summed E-state index contributed by atoms with van der Waals surface area (Å²) in [5.41, 5.74) is 0.913. The largest absolute Gasteiger partial charge is 0.480 e. The summed E-state index contributed by atoms with van der Waals surface area (Å²) in [7, 11) is 0. The summed E-state index contributed by atoms with van der Waals surface area (Å²) in [6.45, 7) is 5.61.